The van der Waals surface area contributed by atoms with Gasteiger partial charge in [-0.15, -0.1) is 6.42 Å². The van der Waals surface area contributed by atoms with Crippen molar-refractivity contribution in [3.63, 3.8) is 0 Å². The van der Waals surface area contributed by atoms with Gasteiger partial charge in [-0.25, -0.2) is 5.43 Å². The van der Waals surface area contributed by atoms with Gasteiger partial charge in [-0.05, 0) is 42.8 Å². The van der Waals surface area contributed by atoms with Crippen LogP contribution in [0.4, 0.5) is 0 Å². The molecule has 0 radical (unpaired) electrons. The van der Waals surface area contributed by atoms with Gasteiger partial charge in [0.2, 0.25) is 0 Å². The van der Waals surface area contributed by atoms with E-state index in [9.17, 15) is 4.79 Å². The van der Waals surface area contributed by atoms with Crippen LogP contribution < -0.4 is 14.9 Å². The summed E-state index contributed by atoms with van der Waals surface area (Å²) < 4.78 is 10.6. The van der Waals surface area contributed by atoms with Crippen LogP contribution in [0.3, 0.4) is 0 Å². The van der Waals surface area contributed by atoms with Gasteiger partial charge in [0.05, 0.1) is 13.3 Å². The van der Waals surface area contributed by atoms with Gasteiger partial charge in [0.1, 0.15) is 6.61 Å². The number of hydrazone groups is 1. The zero-order valence-electron chi connectivity index (χ0n) is 13.6. The Hall–Kier alpha value is -3.26. The van der Waals surface area contributed by atoms with Crippen LogP contribution in [0, 0.1) is 19.3 Å². The summed E-state index contributed by atoms with van der Waals surface area (Å²) in [6, 6.07) is 12.6. The highest BCUT2D eigenvalue weighted by Crippen LogP contribution is 2.27. The number of terminal acetylenes is 1. The Kier molecular flexibility index (Phi) is 5.98. The summed E-state index contributed by atoms with van der Waals surface area (Å²) in [4.78, 5) is 12.0. The van der Waals surface area contributed by atoms with Gasteiger partial charge in [0.25, 0.3) is 5.91 Å². The predicted octanol–water partition coefficient (Wildman–Crippen LogP) is 2.78. The van der Waals surface area contributed by atoms with E-state index in [0.29, 0.717) is 17.1 Å². The summed E-state index contributed by atoms with van der Waals surface area (Å²) in [5.74, 6) is 3.22. The molecule has 0 atom stereocenters. The maximum atomic E-state index is 12.0. The molecule has 0 aromatic heterocycles. The fraction of sp³-hybridized carbons (Fsp3) is 0.158. The number of aryl methyl sites for hydroxylation is 1. The lowest BCUT2D eigenvalue weighted by atomic mass is 10.1. The summed E-state index contributed by atoms with van der Waals surface area (Å²) in [5.41, 5.74) is 4.82. The molecule has 24 heavy (non-hydrogen) atoms. The molecule has 122 valence electrons. The van der Waals surface area contributed by atoms with Crippen LogP contribution in [0.5, 0.6) is 11.5 Å². The normalized spacial score (nSPS) is 10.2. The van der Waals surface area contributed by atoms with Crippen molar-refractivity contribution in [1.82, 2.24) is 5.43 Å². The second-order valence-corrected chi connectivity index (χ2v) is 4.97. The Bertz CT molecular complexity index is 791. The Morgan fingerprint density at radius 1 is 1.29 bits per heavy atom. The van der Waals surface area contributed by atoms with E-state index >= 15 is 0 Å². The van der Waals surface area contributed by atoms with E-state index in [1.807, 2.05) is 19.1 Å². The molecule has 5 heteroatoms. The van der Waals surface area contributed by atoms with Gasteiger partial charge in [0, 0.05) is 5.56 Å². The smallest absolute Gasteiger partial charge is 0.271 e. The minimum atomic E-state index is -0.268. The number of methoxy groups -OCH3 is 1. The van der Waals surface area contributed by atoms with Crippen molar-refractivity contribution in [2.45, 2.75) is 6.92 Å². The average Bonchev–Trinajstić information content (AvgIpc) is 2.60. The molecule has 0 aliphatic carbocycles. The van der Waals surface area contributed by atoms with Crippen LogP contribution in [-0.4, -0.2) is 25.8 Å². The van der Waals surface area contributed by atoms with Crippen molar-refractivity contribution in [3.8, 4) is 23.8 Å². The highest BCUT2D eigenvalue weighted by Gasteiger charge is 2.05. The standard InChI is InChI=1S/C19H18N2O3/c1-4-10-24-17-9-8-15(12-18(17)23-3)13-20-21-19(22)16-7-5-6-14(2)11-16/h1,5-9,11-13H,10H2,2-3H3,(H,21,22). The van der Waals surface area contributed by atoms with Gasteiger partial charge in [-0.2, -0.15) is 5.10 Å². The summed E-state index contributed by atoms with van der Waals surface area (Å²) in [7, 11) is 1.54. The highest BCUT2D eigenvalue weighted by molar-refractivity contribution is 5.95. The van der Waals surface area contributed by atoms with E-state index in [-0.39, 0.29) is 12.5 Å². The fourth-order valence-electron chi connectivity index (χ4n) is 2.02. The number of hydrogen-bond acceptors (Lipinski definition) is 4. The maximum absolute atomic E-state index is 12.0. The van der Waals surface area contributed by atoms with Crippen LogP contribution in [0.2, 0.25) is 0 Å². The molecule has 0 spiro atoms. The minimum Gasteiger partial charge on any atom is -0.493 e. The third-order valence-corrected chi connectivity index (χ3v) is 3.16. The minimum absolute atomic E-state index is 0.163. The van der Waals surface area contributed by atoms with Crippen LogP contribution >= 0.6 is 0 Å². The predicted molar refractivity (Wildman–Crippen MR) is 93.6 cm³/mol. The Morgan fingerprint density at radius 2 is 2.12 bits per heavy atom. The van der Waals surface area contributed by atoms with E-state index in [1.165, 1.54) is 6.21 Å². The maximum Gasteiger partial charge on any atom is 0.271 e. The summed E-state index contributed by atoms with van der Waals surface area (Å²) in [5, 5.41) is 3.96. The Labute approximate surface area is 141 Å². The fourth-order valence-corrected chi connectivity index (χ4v) is 2.02. The molecule has 0 heterocycles. The van der Waals surface area contributed by atoms with Gasteiger partial charge in [0.15, 0.2) is 11.5 Å². The summed E-state index contributed by atoms with van der Waals surface area (Å²) in [6.45, 7) is 2.09. The van der Waals surface area contributed by atoms with Crippen molar-refractivity contribution in [1.29, 1.82) is 0 Å². The van der Waals surface area contributed by atoms with E-state index in [0.717, 1.165) is 11.1 Å². The quantitative estimate of drug-likeness (QED) is 0.505. The second-order valence-electron chi connectivity index (χ2n) is 4.97. The first-order chi connectivity index (χ1) is 11.6. The van der Waals surface area contributed by atoms with Crippen molar-refractivity contribution in [3.05, 3.63) is 59.2 Å². The molecule has 0 aliphatic heterocycles. The number of amides is 1. The molecule has 0 saturated carbocycles. The van der Waals surface area contributed by atoms with E-state index < -0.39 is 0 Å². The number of carbonyl (C=O) groups is 1. The van der Waals surface area contributed by atoms with Crippen molar-refractivity contribution in [2.75, 3.05) is 13.7 Å². The zero-order chi connectivity index (χ0) is 17.4. The molecule has 1 amide bonds. The lowest BCUT2D eigenvalue weighted by Gasteiger charge is -2.09. The zero-order valence-corrected chi connectivity index (χ0v) is 13.6. The molecule has 5 nitrogen and oxygen atoms in total. The molecule has 1 N–H and O–H groups in total. The van der Waals surface area contributed by atoms with Crippen LogP contribution in [0.15, 0.2) is 47.6 Å². The Morgan fingerprint density at radius 3 is 2.83 bits per heavy atom. The van der Waals surface area contributed by atoms with E-state index in [2.05, 4.69) is 16.4 Å². The Balaban J connectivity index is 2.04. The number of nitrogens with zero attached hydrogens (tertiary/aromatic N) is 1. The number of nitrogens with one attached hydrogen (secondary N) is 1. The molecular weight excluding hydrogens is 304 g/mol. The number of rotatable bonds is 6. The third-order valence-electron chi connectivity index (χ3n) is 3.16. The number of carbonyl (C=O) groups excluding carboxylic acids is 1. The lowest BCUT2D eigenvalue weighted by molar-refractivity contribution is 0.0955. The molecule has 0 aliphatic rings. The van der Waals surface area contributed by atoms with Crippen LogP contribution in [0.25, 0.3) is 0 Å². The first-order valence-corrected chi connectivity index (χ1v) is 7.28. The van der Waals surface area contributed by atoms with Crippen LogP contribution in [-0.2, 0) is 0 Å². The van der Waals surface area contributed by atoms with Crippen molar-refractivity contribution >= 4 is 12.1 Å². The topological polar surface area (TPSA) is 59.9 Å². The summed E-state index contributed by atoms with van der Waals surface area (Å²) >= 11 is 0. The molecule has 2 aromatic rings. The largest absolute Gasteiger partial charge is 0.493 e. The lowest BCUT2D eigenvalue weighted by Crippen LogP contribution is -2.17. The molecule has 0 saturated heterocycles. The molecule has 0 unspecified atom stereocenters. The molecule has 0 fully saturated rings. The van der Waals surface area contributed by atoms with E-state index in [1.54, 1.807) is 37.4 Å². The monoisotopic (exact) mass is 322 g/mol. The van der Waals surface area contributed by atoms with Gasteiger partial charge in [-0.1, -0.05) is 23.6 Å². The van der Waals surface area contributed by atoms with Crippen molar-refractivity contribution < 1.29 is 14.3 Å². The average molecular weight is 322 g/mol. The van der Waals surface area contributed by atoms with Crippen molar-refractivity contribution in [2.24, 2.45) is 5.10 Å². The van der Waals surface area contributed by atoms with Gasteiger partial charge < -0.3 is 9.47 Å². The SMILES string of the molecule is C#CCOc1ccc(C=NNC(=O)c2cccc(C)c2)cc1OC. The number of ether oxygens (including phenoxy) is 2. The number of hydrogen-bond donors (Lipinski definition) is 1. The molecule has 2 aromatic carbocycles. The first kappa shape index (κ1) is 17.1. The first-order valence-electron chi connectivity index (χ1n) is 7.28. The molecular formula is C19H18N2O3. The van der Waals surface area contributed by atoms with Crippen LogP contribution in [0.1, 0.15) is 21.5 Å². The van der Waals surface area contributed by atoms with E-state index in [4.69, 9.17) is 15.9 Å². The number of benzene rings is 2. The third kappa shape index (κ3) is 4.62. The molecule has 2 rings (SSSR count). The summed E-state index contributed by atoms with van der Waals surface area (Å²) in [6.07, 6.45) is 6.70. The second kappa shape index (κ2) is 8.39. The van der Waals surface area contributed by atoms with Gasteiger partial charge >= 0.3 is 0 Å². The highest BCUT2D eigenvalue weighted by atomic mass is 16.5. The molecule has 0 bridgehead atoms. The van der Waals surface area contributed by atoms with Gasteiger partial charge in [-0.3, -0.25) is 4.79 Å².